The smallest absolute Gasteiger partial charge is 0.243 e. The summed E-state index contributed by atoms with van der Waals surface area (Å²) in [5.74, 6) is 0.788. The standard InChI is InChI=1S/C21H26N2O4S/c24-21(12-7-17-27-19-8-3-1-4-9-19)22-18-13-15-23(16-14-18)28(25,26)20-10-5-2-6-11-20/h1-6,8-11,18H,7,12-17H2,(H,22,24). The van der Waals surface area contributed by atoms with E-state index in [2.05, 4.69) is 5.32 Å². The van der Waals surface area contributed by atoms with Crippen molar-refractivity contribution in [3.63, 3.8) is 0 Å². The van der Waals surface area contributed by atoms with Gasteiger partial charge in [0, 0.05) is 25.6 Å². The quantitative estimate of drug-likeness (QED) is 0.689. The van der Waals surface area contributed by atoms with E-state index in [9.17, 15) is 13.2 Å². The van der Waals surface area contributed by atoms with E-state index in [1.54, 1.807) is 30.3 Å². The number of benzene rings is 2. The number of amides is 1. The van der Waals surface area contributed by atoms with Gasteiger partial charge in [0.1, 0.15) is 5.75 Å². The summed E-state index contributed by atoms with van der Waals surface area (Å²) in [6, 6.07) is 18.0. The van der Waals surface area contributed by atoms with E-state index in [-0.39, 0.29) is 11.9 Å². The van der Waals surface area contributed by atoms with Gasteiger partial charge >= 0.3 is 0 Å². The number of carbonyl (C=O) groups excluding carboxylic acids is 1. The van der Waals surface area contributed by atoms with Crippen molar-refractivity contribution in [3.05, 3.63) is 60.7 Å². The number of nitrogens with zero attached hydrogens (tertiary/aromatic N) is 1. The van der Waals surface area contributed by atoms with Crippen LogP contribution in [0, 0.1) is 0 Å². The molecule has 6 nitrogen and oxygen atoms in total. The molecule has 1 amide bonds. The Morgan fingerprint density at radius 3 is 2.25 bits per heavy atom. The van der Waals surface area contributed by atoms with Crippen LogP contribution < -0.4 is 10.1 Å². The summed E-state index contributed by atoms with van der Waals surface area (Å²) in [6.45, 7) is 1.32. The second-order valence-corrected chi connectivity index (χ2v) is 8.76. The van der Waals surface area contributed by atoms with Crippen LogP contribution in [0.4, 0.5) is 0 Å². The molecule has 2 aromatic rings. The summed E-state index contributed by atoms with van der Waals surface area (Å²) in [5.41, 5.74) is 0. The SMILES string of the molecule is O=C(CCCOc1ccccc1)NC1CCN(S(=O)(=O)c2ccccc2)CC1. The second-order valence-electron chi connectivity index (χ2n) is 6.82. The fourth-order valence-corrected chi connectivity index (χ4v) is 4.71. The third kappa shape index (κ3) is 5.56. The molecule has 0 atom stereocenters. The van der Waals surface area contributed by atoms with Crippen molar-refractivity contribution in [1.29, 1.82) is 0 Å². The third-order valence-corrected chi connectivity index (χ3v) is 6.67. The maximum atomic E-state index is 12.6. The van der Waals surface area contributed by atoms with Crippen LogP contribution in [-0.2, 0) is 14.8 Å². The van der Waals surface area contributed by atoms with Gasteiger partial charge in [-0.3, -0.25) is 4.79 Å². The van der Waals surface area contributed by atoms with Gasteiger partial charge in [0.05, 0.1) is 11.5 Å². The van der Waals surface area contributed by atoms with Crippen LogP contribution in [0.2, 0.25) is 0 Å². The highest BCUT2D eigenvalue weighted by atomic mass is 32.2. The highest BCUT2D eigenvalue weighted by Gasteiger charge is 2.29. The Morgan fingerprint density at radius 1 is 1.00 bits per heavy atom. The molecule has 1 saturated heterocycles. The molecule has 1 aliphatic rings. The Hall–Kier alpha value is -2.38. The number of para-hydroxylation sites is 1. The molecular formula is C21H26N2O4S. The molecular weight excluding hydrogens is 376 g/mol. The van der Waals surface area contributed by atoms with Gasteiger partial charge < -0.3 is 10.1 Å². The van der Waals surface area contributed by atoms with Gasteiger partial charge in [0.25, 0.3) is 0 Å². The summed E-state index contributed by atoms with van der Waals surface area (Å²) in [4.78, 5) is 12.4. The predicted molar refractivity (Wildman–Crippen MR) is 108 cm³/mol. The molecule has 0 spiro atoms. The summed E-state index contributed by atoms with van der Waals surface area (Å²) in [5, 5.41) is 3.01. The van der Waals surface area contributed by atoms with Crippen molar-refractivity contribution in [2.24, 2.45) is 0 Å². The molecule has 150 valence electrons. The van der Waals surface area contributed by atoms with Crippen LogP contribution >= 0.6 is 0 Å². The first kappa shape index (κ1) is 20.4. The van der Waals surface area contributed by atoms with E-state index in [0.29, 0.717) is 50.3 Å². The van der Waals surface area contributed by atoms with E-state index in [1.165, 1.54) is 4.31 Å². The van der Waals surface area contributed by atoms with Gasteiger partial charge in [-0.25, -0.2) is 8.42 Å². The van der Waals surface area contributed by atoms with Crippen LogP contribution in [0.3, 0.4) is 0 Å². The number of hydrogen-bond acceptors (Lipinski definition) is 4. The number of hydrogen-bond donors (Lipinski definition) is 1. The first-order chi connectivity index (χ1) is 13.6. The molecule has 28 heavy (non-hydrogen) atoms. The Balaban J connectivity index is 1.37. The number of piperidine rings is 1. The molecule has 0 unspecified atom stereocenters. The first-order valence-corrected chi connectivity index (χ1v) is 11.0. The number of carbonyl (C=O) groups is 1. The van der Waals surface area contributed by atoms with Gasteiger partial charge in [-0.1, -0.05) is 36.4 Å². The average molecular weight is 403 g/mol. The summed E-state index contributed by atoms with van der Waals surface area (Å²) in [7, 11) is -3.45. The monoisotopic (exact) mass is 402 g/mol. The van der Waals surface area contributed by atoms with E-state index < -0.39 is 10.0 Å². The average Bonchev–Trinajstić information content (AvgIpc) is 2.73. The number of rotatable bonds is 8. The zero-order chi connectivity index (χ0) is 19.8. The van der Waals surface area contributed by atoms with Crippen molar-refractivity contribution < 1.29 is 17.9 Å². The van der Waals surface area contributed by atoms with Crippen LogP contribution in [0.5, 0.6) is 5.75 Å². The lowest BCUT2D eigenvalue weighted by Crippen LogP contribution is -2.46. The van der Waals surface area contributed by atoms with Crippen LogP contribution in [0.25, 0.3) is 0 Å². The summed E-state index contributed by atoms with van der Waals surface area (Å²) < 4.78 is 32.3. The molecule has 0 bridgehead atoms. The molecule has 1 fully saturated rings. The van der Waals surface area contributed by atoms with Crippen molar-refractivity contribution in [2.75, 3.05) is 19.7 Å². The molecule has 3 rings (SSSR count). The minimum absolute atomic E-state index is 0.0129. The zero-order valence-corrected chi connectivity index (χ0v) is 16.6. The Morgan fingerprint density at radius 2 is 1.61 bits per heavy atom. The predicted octanol–water partition coefficient (Wildman–Crippen LogP) is 2.82. The highest BCUT2D eigenvalue weighted by molar-refractivity contribution is 7.89. The molecule has 7 heteroatoms. The Kier molecular flexibility index (Phi) is 7.06. The fourth-order valence-electron chi connectivity index (χ4n) is 3.22. The molecule has 1 aliphatic heterocycles. The van der Waals surface area contributed by atoms with E-state index in [1.807, 2.05) is 30.3 Å². The maximum absolute atomic E-state index is 12.6. The third-order valence-electron chi connectivity index (χ3n) is 4.76. The van der Waals surface area contributed by atoms with Crippen molar-refractivity contribution in [1.82, 2.24) is 9.62 Å². The number of nitrogens with one attached hydrogen (secondary N) is 1. The lowest BCUT2D eigenvalue weighted by atomic mass is 10.1. The van der Waals surface area contributed by atoms with Crippen molar-refractivity contribution in [3.8, 4) is 5.75 Å². The second kappa shape index (κ2) is 9.71. The summed E-state index contributed by atoms with van der Waals surface area (Å²) >= 11 is 0. The highest BCUT2D eigenvalue weighted by Crippen LogP contribution is 2.20. The topological polar surface area (TPSA) is 75.7 Å². The first-order valence-electron chi connectivity index (χ1n) is 9.58. The van der Waals surface area contributed by atoms with Gasteiger partial charge in [0.2, 0.25) is 15.9 Å². The van der Waals surface area contributed by atoms with Crippen LogP contribution in [0.15, 0.2) is 65.6 Å². The van der Waals surface area contributed by atoms with Gasteiger partial charge in [-0.05, 0) is 43.5 Å². The fraction of sp³-hybridized carbons (Fsp3) is 0.381. The van der Waals surface area contributed by atoms with Crippen molar-refractivity contribution in [2.45, 2.75) is 36.6 Å². The molecule has 0 radical (unpaired) electrons. The van der Waals surface area contributed by atoms with E-state index in [0.717, 1.165) is 5.75 Å². The lowest BCUT2D eigenvalue weighted by Gasteiger charge is -2.31. The minimum Gasteiger partial charge on any atom is -0.494 e. The van der Waals surface area contributed by atoms with Crippen molar-refractivity contribution >= 4 is 15.9 Å². The van der Waals surface area contributed by atoms with Gasteiger partial charge in [-0.2, -0.15) is 4.31 Å². The molecule has 0 aliphatic carbocycles. The summed E-state index contributed by atoms with van der Waals surface area (Å²) in [6.07, 6.45) is 2.29. The van der Waals surface area contributed by atoms with Crippen LogP contribution in [0.1, 0.15) is 25.7 Å². The zero-order valence-electron chi connectivity index (χ0n) is 15.8. The number of sulfonamides is 1. The molecule has 1 heterocycles. The molecule has 0 saturated carbocycles. The molecule has 1 N–H and O–H groups in total. The Labute approximate surface area is 166 Å². The normalized spacial score (nSPS) is 15.9. The van der Waals surface area contributed by atoms with Gasteiger partial charge in [0.15, 0.2) is 0 Å². The van der Waals surface area contributed by atoms with Gasteiger partial charge in [-0.15, -0.1) is 0 Å². The Bertz CT molecular complexity index is 848. The molecule has 2 aromatic carbocycles. The number of ether oxygens (including phenoxy) is 1. The molecule has 0 aromatic heterocycles. The largest absolute Gasteiger partial charge is 0.494 e. The maximum Gasteiger partial charge on any atom is 0.243 e. The van der Waals surface area contributed by atoms with E-state index >= 15 is 0 Å². The van der Waals surface area contributed by atoms with Crippen LogP contribution in [-0.4, -0.2) is 44.4 Å². The lowest BCUT2D eigenvalue weighted by molar-refractivity contribution is -0.122. The minimum atomic E-state index is -3.45. The van der Waals surface area contributed by atoms with E-state index in [4.69, 9.17) is 4.74 Å².